The fraction of sp³-hybridized carbons (Fsp3) is 0.667. The first-order valence-corrected chi connectivity index (χ1v) is 4.70. The van der Waals surface area contributed by atoms with E-state index in [0.29, 0.717) is 11.7 Å². The van der Waals surface area contributed by atoms with Gasteiger partial charge >= 0.3 is 0 Å². The molecule has 4 heteroatoms. The molecule has 0 aromatic carbocycles. The van der Waals surface area contributed by atoms with Crippen LogP contribution in [-0.4, -0.2) is 21.0 Å². The minimum atomic E-state index is -0.0690. The Morgan fingerprint density at radius 3 is 2.69 bits per heavy atom. The van der Waals surface area contributed by atoms with Gasteiger partial charge in [-0.3, -0.25) is 9.89 Å². The van der Waals surface area contributed by atoms with Crippen molar-refractivity contribution in [2.45, 2.75) is 38.5 Å². The lowest BCUT2D eigenvalue weighted by atomic mass is 10.1. The molecule has 0 aliphatic heterocycles. The summed E-state index contributed by atoms with van der Waals surface area (Å²) in [5, 5.41) is 6.72. The molecule has 4 nitrogen and oxygen atoms in total. The quantitative estimate of drug-likeness (QED) is 0.702. The number of hydrogen-bond donors (Lipinski definition) is 1. The lowest BCUT2D eigenvalue weighted by Crippen LogP contribution is -1.97. The molecule has 1 fully saturated rings. The van der Waals surface area contributed by atoms with Gasteiger partial charge in [-0.05, 0) is 12.8 Å². The topological polar surface area (TPSA) is 58.6 Å². The Labute approximate surface area is 76.8 Å². The van der Waals surface area contributed by atoms with Crippen molar-refractivity contribution in [2.24, 2.45) is 0 Å². The Morgan fingerprint density at radius 2 is 2.15 bits per heavy atom. The molecule has 0 bridgehead atoms. The van der Waals surface area contributed by atoms with E-state index in [2.05, 4.69) is 15.2 Å². The van der Waals surface area contributed by atoms with E-state index in [1.54, 1.807) is 0 Å². The summed E-state index contributed by atoms with van der Waals surface area (Å²) in [5.41, 5.74) is 0. The van der Waals surface area contributed by atoms with Crippen molar-refractivity contribution < 1.29 is 4.79 Å². The second kappa shape index (κ2) is 3.28. The molecule has 70 valence electrons. The monoisotopic (exact) mass is 179 g/mol. The number of ketones is 1. The third-order valence-corrected chi connectivity index (χ3v) is 2.56. The zero-order chi connectivity index (χ0) is 9.26. The maximum absolute atomic E-state index is 10.9. The van der Waals surface area contributed by atoms with E-state index >= 15 is 0 Å². The van der Waals surface area contributed by atoms with E-state index in [-0.39, 0.29) is 5.78 Å². The first kappa shape index (κ1) is 8.41. The summed E-state index contributed by atoms with van der Waals surface area (Å²) < 4.78 is 0. The van der Waals surface area contributed by atoms with Gasteiger partial charge in [0.1, 0.15) is 5.82 Å². The summed E-state index contributed by atoms with van der Waals surface area (Å²) in [6.07, 6.45) is 4.88. The minimum Gasteiger partial charge on any atom is -0.291 e. The number of nitrogens with zero attached hydrogens (tertiary/aromatic N) is 2. The Balaban J connectivity index is 2.16. The lowest BCUT2D eigenvalue weighted by Gasteiger charge is -2.01. The van der Waals surface area contributed by atoms with E-state index in [4.69, 9.17) is 0 Å². The largest absolute Gasteiger partial charge is 0.291 e. The van der Waals surface area contributed by atoms with Gasteiger partial charge in [0.2, 0.25) is 5.82 Å². The van der Waals surface area contributed by atoms with E-state index in [1.807, 2.05) is 0 Å². The number of nitrogens with one attached hydrogen (secondary N) is 1. The van der Waals surface area contributed by atoms with Crippen LogP contribution in [0.3, 0.4) is 0 Å². The number of aromatic nitrogens is 3. The minimum absolute atomic E-state index is 0.0690. The Kier molecular flexibility index (Phi) is 2.12. The maximum Gasteiger partial charge on any atom is 0.216 e. The molecular formula is C9H13N3O. The van der Waals surface area contributed by atoms with Crippen LogP contribution in [0.1, 0.15) is 55.0 Å². The highest BCUT2D eigenvalue weighted by molar-refractivity contribution is 5.90. The van der Waals surface area contributed by atoms with Crippen LogP contribution in [0, 0.1) is 0 Å². The average molecular weight is 179 g/mol. The van der Waals surface area contributed by atoms with Crippen LogP contribution in [0.2, 0.25) is 0 Å². The highest BCUT2D eigenvalue weighted by Crippen LogP contribution is 2.31. The molecule has 1 aliphatic carbocycles. The van der Waals surface area contributed by atoms with Crippen molar-refractivity contribution in [3.8, 4) is 0 Å². The molecule has 0 saturated heterocycles. The molecule has 1 heterocycles. The molecule has 1 saturated carbocycles. The van der Waals surface area contributed by atoms with Gasteiger partial charge in [0.25, 0.3) is 0 Å². The number of H-pyrrole nitrogens is 1. The zero-order valence-electron chi connectivity index (χ0n) is 7.71. The molecule has 0 radical (unpaired) electrons. The summed E-state index contributed by atoms with van der Waals surface area (Å²) in [6.45, 7) is 1.49. The van der Waals surface area contributed by atoms with Crippen LogP contribution in [0.15, 0.2) is 0 Å². The number of hydrogen-bond acceptors (Lipinski definition) is 3. The van der Waals surface area contributed by atoms with Gasteiger partial charge in [-0.2, -0.15) is 5.10 Å². The summed E-state index contributed by atoms with van der Waals surface area (Å²) in [4.78, 5) is 15.1. The van der Waals surface area contributed by atoms with Crippen LogP contribution >= 0.6 is 0 Å². The summed E-state index contributed by atoms with van der Waals surface area (Å²) >= 11 is 0. The van der Waals surface area contributed by atoms with E-state index < -0.39 is 0 Å². The number of aromatic amines is 1. The van der Waals surface area contributed by atoms with Gasteiger partial charge < -0.3 is 0 Å². The highest BCUT2D eigenvalue weighted by atomic mass is 16.1. The number of carbonyl (C=O) groups excluding carboxylic acids is 1. The molecule has 0 unspecified atom stereocenters. The lowest BCUT2D eigenvalue weighted by molar-refractivity contribution is 0.100. The molecule has 1 aromatic rings. The highest BCUT2D eigenvalue weighted by Gasteiger charge is 2.21. The van der Waals surface area contributed by atoms with Crippen molar-refractivity contribution in [2.75, 3.05) is 0 Å². The third kappa shape index (κ3) is 1.61. The third-order valence-electron chi connectivity index (χ3n) is 2.56. The number of carbonyl (C=O) groups is 1. The first-order valence-electron chi connectivity index (χ1n) is 4.70. The Hall–Kier alpha value is -1.19. The Morgan fingerprint density at radius 1 is 1.46 bits per heavy atom. The van der Waals surface area contributed by atoms with Gasteiger partial charge in [0.15, 0.2) is 5.78 Å². The van der Waals surface area contributed by atoms with Crippen LogP contribution in [0.4, 0.5) is 0 Å². The normalized spacial score (nSPS) is 17.9. The van der Waals surface area contributed by atoms with Crippen LogP contribution in [-0.2, 0) is 0 Å². The summed E-state index contributed by atoms with van der Waals surface area (Å²) in [5.74, 6) is 1.64. The van der Waals surface area contributed by atoms with E-state index in [1.165, 1.54) is 32.6 Å². The number of Topliss-reactive ketones (excluding diaryl/α,β-unsaturated/α-hetero) is 1. The Bertz CT molecular complexity index is 312. The molecule has 1 N–H and O–H groups in total. The maximum atomic E-state index is 10.9. The standard InChI is InChI=1S/C9H13N3O/c1-6(13)8-10-9(12-11-8)7-4-2-3-5-7/h7H,2-5H2,1H3,(H,10,11,12). The van der Waals surface area contributed by atoms with Crippen molar-refractivity contribution in [3.05, 3.63) is 11.6 Å². The molecule has 13 heavy (non-hydrogen) atoms. The first-order chi connectivity index (χ1) is 6.27. The number of rotatable bonds is 2. The van der Waals surface area contributed by atoms with Gasteiger partial charge in [-0.1, -0.05) is 12.8 Å². The smallest absolute Gasteiger partial charge is 0.216 e. The van der Waals surface area contributed by atoms with Gasteiger partial charge in [-0.15, -0.1) is 0 Å². The zero-order valence-corrected chi connectivity index (χ0v) is 7.71. The SMILES string of the molecule is CC(=O)c1n[nH]c(C2CCCC2)n1. The van der Waals surface area contributed by atoms with Crippen LogP contribution in [0.5, 0.6) is 0 Å². The summed E-state index contributed by atoms with van der Waals surface area (Å²) in [6, 6.07) is 0. The second-order valence-electron chi connectivity index (χ2n) is 3.58. The predicted octanol–water partition coefficient (Wildman–Crippen LogP) is 1.66. The molecular weight excluding hydrogens is 166 g/mol. The van der Waals surface area contributed by atoms with Gasteiger partial charge in [-0.25, -0.2) is 4.98 Å². The van der Waals surface area contributed by atoms with Gasteiger partial charge in [0.05, 0.1) is 0 Å². The predicted molar refractivity (Wildman–Crippen MR) is 47.6 cm³/mol. The van der Waals surface area contributed by atoms with E-state index in [9.17, 15) is 4.79 Å². The van der Waals surface area contributed by atoms with Crippen molar-refractivity contribution in [1.29, 1.82) is 0 Å². The van der Waals surface area contributed by atoms with Crippen LogP contribution in [0.25, 0.3) is 0 Å². The molecule has 0 spiro atoms. The average Bonchev–Trinajstić information content (AvgIpc) is 2.75. The molecule has 1 aliphatic rings. The molecule has 0 atom stereocenters. The molecule has 2 rings (SSSR count). The molecule has 0 amide bonds. The molecule has 1 aromatic heterocycles. The van der Waals surface area contributed by atoms with E-state index in [0.717, 1.165) is 5.82 Å². The van der Waals surface area contributed by atoms with Crippen LogP contribution < -0.4 is 0 Å². The van der Waals surface area contributed by atoms with Crippen molar-refractivity contribution in [3.63, 3.8) is 0 Å². The fourth-order valence-corrected chi connectivity index (χ4v) is 1.81. The fourth-order valence-electron chi connectivity index (χ4n) is 1.81. The summed E-state index contributed by atoms with van der Waals surface area (Å²) in [7, 11) is 0. The van der Waals surface area contributed by atoms with Crippen molar-refractivity contribution >= 4 is 5.78 Å². The van der Waals surface area contributed by atoms with Gasteiger partial charge in [0, 0.05) is 12.8 Å². The second-order valence-corrected chi connectivity index (χ2v) is 3.58. The van der Waals surface area contributed by atoms with Crippen molar-refractivity contribution in [1.82, 2.24) is 15.2 Å².